The highest BCUT2D eigenvalue weighted by Crippen LogP contribution is 2.50. The first-order valence-corrected chi connectivity index (χ1v) is 46.2. The third-order valence-corrected chi connectivity index (χ3v) is 27.4. The summed E-state index contributed by atoms with van der Waals surface area (Å²) in [6.45, 7) is 0. The average molecular weight is 1730 g/mol. The van der Waals surface area contributed by atoms with Gasteiger partial charge in [0.15, 0.2) is 34.9 Å². The van der Waals surface area contributed by atoms with E-state index in [1.54, 1.807) is 0 Å². The Morgan fingerprint density at radius 3 is 0.779 bits per heavy atom. The Morgan fingerprint density at radius 2 is 0.375 bits per heavy atom. The van der Waals surface area contributed by atoms with Crippen molar-refractivity contribution in [1.82, 2.24) is 48.2 Å². The molecule has 0 spiro atoms. The van der Waals surface area contributed by atoms with Crippen molar-refractivity contribution in [3.63, 3.8) is 0 Å². The van der Waals surface area contributed by atoms with E-state index in [2.05, 4.69) is 419 Å². The van der Waals surface area contributed by atoms with Crippen molar-refractivity contribution in [1.29, 1.82) is 0 Å². The molecule has 22 aromatic carbocycles. The van der Waals surface area contributed by atoms with Gasteiger partial charge in [-0.15, -0.1) is 0 Å². The van der Waals surface area contributed by atoms with Gasteiger partial charge in [-0.2, -0.15) is 0 Å². The van der Waals surface area contributed by atoms with Crippen molar-refractivity contribution >= 4 is 152 Å². The third-order valence-electron chi connectivity index (χ3n) is 27.4. The van der Waals surface area contributed by atoms with Crippen LogP contribution in [0, 0.1) is 0 Å². The summed E-state index contributed by atoms with van der Waals surface area (Å²) in [4.78, 5) is 31.6. The van der Waals surface area contributed by atoms with E-state index in [0.717, 1.165) is 127 Å². The molecule has 0 fully saturated rings. The molecule has 28 rings (SSSR count). The topological polar surface area (TPSA) is 97.1 Å². The maximum atomic E-state index is 5.36. The third kappa shape index (κ3) is 12.6. The van der Waals surface area contributed by atoms with Crippen LogP contribution in [0.15, 0.2) is 473 Å². The molecule has 10 heteroatoms. The minimum atomic E-state index is 0.626. The second-order valence-corrected chi connectivity index (χ2v) is 35.1. The Labute approximate surface area is 781 Å². The Bertz CT molecular complexity index is 9580. The Balaban J connectivity index is 0.000000138. The molecule has 0 radical (unpaired) electrons. The fourth-order valence-corrected chi connectivity index (χ4v) is 21.4. The number of rotatable bonds is 12. The van der Waals surface area contributed by atoms with Gasteiger partial charge in [0, 0.05) is 110 Å². The first kappa shape index (κ1) is 77.6. The van der Waals surface area contributed by atoms with Gasteiger partial charge in [-0.1, -0.05) is 358 Å². The molecule has 0 saturated carbocycles. The molecule has 632 valence electrons. The molecule has 0 aliphatic carbocycles. The summed E-state index contributed by atoms with van der Waals surface area (Å²) >= 11 is 0. The molecule has 10 nitrogen and oxygen atoms in total. The van der Waals surface area contributed by atoms with Crippen LogP contribution in [0.25, 0.3) is 265 Å². The number of hydrogen-bond donors (Lipinski definition) is 0. The lowest BCUT2D eigenvalue weighted by Crippen LogP contribution is -2.01. The molecule has 0 aliphatic rings. The second kappa shape index (κ2) is 31.7. The maximum absolute atomic E-state index is 5.36. The average Bonchev–Trinajstić information content (AvgIpc) is 1.40. The zero-order valence-corrected chi connectivity index (χ0v) is 73.5. The Hall–Kier alpha value is -18.4. The quantitative estimate of drug-likeness (QED) is 0.113. The number of nitrogens with zero attached hydrogens (tertiary/aromatic N) is 10. The molecule has 136 heavy (non-hydrogen) atoms. The van der Waals surface area contributed by atoms with E-state index in [4.69, 9.17) is 29.9 Å². The number of aromatic nitrogens is 10. The van der Waals surface area contributed by atoms with Crippen LogP contribution >= 0.6 is 0 Å². The highest BCUT2D eigenvalue weighted by Gasteiger charge is 2.28. The van der Waals surface area contributed by atoms with Crippen molar-refractivity contribution in [2.75, 3.05) is 0 Å². The summed E-state index contributed by atoms with van der Waals surface area (Å²) in [6, 6.07) is 169. The lowest BCUT2D eigenvalue weighted by molar-refractivity contribution is 1.08. The molecule has 0 N–H and O–H groups in total. The van der Waals surface area contributed by atoms with Gasteiger partial charge in [0.05, 0.1) is 44.1 Å². The van der Waals surface area contributed by atoms with E-state index in [-0.39, 0.29) is 0 Å². The summed E-state index contributed by atoms with van der Waals surface area (Å²) in [7, 11) is 0. The second-order valence-electron chi connectivity index (χ2n) is 35.1. The smallest absolute Gasteiger partial charge is 0.164 e. The summed E-state index contributed by atoms with van der Waals surface area (Å²) in [6.07, 6.45) is 0. The monoisotopic (exact) mass is 1730 g/mol. The van der Waals surface area contributed by atoms with Crippen molar-refractivity contribution in [3.8, 4) is 113 Å². The highest BCUT2D eigenvalue weighted by molar-refractivity contribution is 6.32. The van der Waals surface area contributed by atoms with Gasteiger partial charge in [0.2, 0.25) is 0 Å². The molecule has 0 atom stereocenters. The lowest BCUT2D eigenvalue weighted by Gasteiger charge is -2.17. The molecule has 28 aromatic rings. The number of benzene rings is 22. The van der Waals surface area contributed by atoms with Crippen LogP contribution in [0.5, 0.6) is 0 Å². The fraction of sp³-hybridized carbons (Fsp3) is 0. The van der Waals surface area contributed by atoms with Crippen LogP contribution in [0.3, 0.4) is 0 Å². The molecule has 6 heterocycles. The van der Waals surface area contributed by atoms with Gasteiger partial charge in [-0.3, -0.25) is 0 Å². The molecular weight excluding hydrogens is 1650 g/mol. The highest BCUT2D eigenvalue weighted by atomic mass is 15.1. The zero-order chi connectivity index (χ0) is 89.4. The van der Waals surface area contributed by atoms with Crippen LogP contribution in [0.2, 0.25) is 0 Å². The van der Waals surface area contributed by atoms with Gasteiger partial charge in [0.1, 0.15) is 0 Å². The summed E-state index contributed by atoms with van der Waals surface area (Å²) in [5.41, 5.74) is 23.8. The van der Waals surface area contributed by atoms with Crippen LogP contribution in [-0.4, -0.2) is 48.2 Å². The van der Waals surface area contributed by atoms with E-state index >= 15 is 0 Å². The van der Waals surface area contributed by atoms with Crippen molar-refractivity contribution in [2.24, 2.45) is 0 Å². The first-order chi connectivity index (χ1) is 67.5. The molecular formula is C126H78N10. The summed E-state index contributed by atoms with van der Waals surface area (Å²) in [5.74, 6) is 3.78. The van der Waals surface area contributed by atoms with Crippen LogP contribution in [0.1, 0.15) is 0 Å². The Morgan fingerprint density at radius 1 is 0.125 bits per heavy atom. The van der Waals surface area contributed by atoms with Gasteiger partial charge < -0.3 is 18.3 Å². The fourth-order valence-electron chi connectivity index (χ4n) is 21.4. The maximum Gasteiger partial charge on any atom is 0.164 e. The SMILES string of the molecule is c1ccc(-c2nc(-c3ccccc3)nc(-c3cc(-c4ccc5c(c4)c4cc6c7ccccc7n(-c7ccccc7)c6cc4n5-c4ccccc4)cc4c5ccccc5c5ccccc5c34)n2)cc1.c1ccc(-c2nc(-c3ccccc3)nc(-c3cc(-c4ccc5c6ccc7c8ccccc8n(-c8ccccc8)c7c6n(-c6ccccc6)c5c4)cc4c5ccccc5c5ccccc5c34)n2)cc1. The van der Waals surface area contributed by atoms with Gasteiger partial charge in [-0.25, -0.2) is 29.9 Å². The first-order valence-electron chi connectivity index (χ1n) is 46.2. The predicted octanol–water partition coefficient (Wildman–Crippen LogP) is 32.4. The van der Waals surface area contributed by atoms with E-state index in [1.807, 2.05) is 72.8 Å². The molecule has 0 bridgehead atoms. The van der Waals surface area contributed by atoms with Crippen LogP contribution < -0.4 is 0 Å². The van der Waals surface area contributed by atoms with E-state index < -0.39 is 0 Å². The molecule has 0 saturated heterocycles. The Kier molecular flexibility index (Phi) is 18.1. The van der Waals surface area contributed by atoms with E-state index in [9.17, 15) is 0 Å². The summed E-state index contributed by atoms with van der Waals surface area (Å²) in [5, 5.41) is 23.7. The molecule has 0 amide bonds. The number of hydrogen-bond acceptors (Lipinski definition) is 6. The largest absolute Gasteiger partial charge is 0.309 e. The molecule has 0 unspecified atom stereocenters. The minimum Gasteiger partial charge on any atom is -0.309 e. The van der Waals surface area contributed by atoms with Crippen LogP contribution in [-0.2, 0) is 0 Å². The zero-order valence-electron chi connectivity index (χ0n) is 73.5. The van der Waals surface area contributed by atoms with Gasteiger partial charge in [0.25, 0.3) is 0 Å². The predicted molar refractivity (Wildman–Crippen MR) is 566 cm³/mol. The van der Waals surface area contributed by atoms with E-state index in [1.165, 1.54) is 103 Å². The van der Waals surface area contributed by atoms with Gasteiger partial charge in [-0.05, 0) is 191 Å². The van der Waals surface area contributed by atoms with Crippen molar-refractivity contribution < 1.29 is 0 Å². The minimum absolute atomic E-state index is 0.626. The van der Waals surface area contributed by atoms with E-state index in [0.29, 0.717) is 34.9 Å². The normalized spacial score (nSPS) is 11.8. The molecule has 0 aliphatic heterocycles. The number of para-hydroxylation sites is 6. The van der Waals surface area contributed by atoms with Gasteiger partial charge >= 0.3 is 0 Å². The number of fused-ring (bicyclic) bond motifs is 25. The molecule has 6 aromatic heterocycles. The van der Waals surface area contributed by atoms with Crippen LogP contribution in [0.4, 0.5) is 0 Å². The van der Waals surface area contributed by atoms with Crippen molar-refractivity contribution in [3.05, 3.63) is 473 Å². The van der Waals surface area contributed by atoms with Crippen molar-refractivity contribution in [2.45, 2.75) is 0 Å². The summed E-state index contributed by atoms with van der Waals surface area (Å²) < 4.78 is 9.75. The standard InChI is InChI=1S/2C63H39N5/c1-5-19-40(20-6-1)61-64-62(41-21-7-2-8-22-41)66-63(65-61)55-37-43(36-54-48-29-14-13-27-46(48)47-28-15-16-31-50(47)60(54)55)42-33-34-57-51(35-42)53-38-52-49-30-17-18-32-56(49)67(44-23-9-3-10-24-44)58(52)39-59(53)68(57)45-25-11-4-12-26-45;1-5-19-40(20-6-1)61-64-62(41-21-7-2-8-22-41)66-63(65-61)55-38-43(37-54-48-29-14-13-27-46(48)47-28-15-16-31-51(47)58(54)55)42-33-34-50-53-36-35-52-49-30-17-18-32-56(49)67(44-23-9-3-10-24-44)59(52)60(53)68(57(50)39-42)45-25-11-4-12-26-45/h2*1-39H. The lowest BCUT2D eigenvalue weighted by atomic mass is 9.88.